The monoisotopic (exact) mass is 1450 g/mol. The van der Waals surface area contributed by atoms with Gasteiger partial charge in [0, 0.05) is 12.8 Å². The van der Waals surface area contributed by atoms with Crippen molar-refractivity contribution in [2.24, 2.45) is 0 Å². The Morgan fingerprint density at radius 1 is 0.286 bits per heavy atom. The number of hydrogen-bond donors (Lipinski definition) is 0. The van der Waals surface area contributed by atoms with Gasteiger partial charge >= 0.3 is 11.9 Å². The molecule has 0 bridgehead atoms. The van der Waals surface area contributed by atoms with Crippen LogP contribution < -0.4 is 5.11 Å². The number of carbonyl (C=O) groups is 3. The average Bonchev–Trinajstić information content (AvgIpc) is 1.97. The molecule has 0 aromatic carbocycles. The van der Waals surface area contributed by atoms with Crippen molar-refractivity contribution >= 4 is 17.9 Å². The molecule has 0 amide bonds. The standard InChI is InChI=1S/C96H159NO8/c1-6-8-10-12-14-16-18-20-22-24-26-28-30-32-34-36-38-40-42-44-46-47-49-50-52-54-56-58-60-62-64-66-68-70-72-74-76-78-80-82-84-86-93(98)103-90-92(91-104-96(95(100)101)102-89-88-97(3,4)5)105-94(99)87-85-83-81-79-77-75-73-71-69-67-65-63-61-59-57-55-53-51-48-45-43-41-39-37-35-33-31-29-27-25-23-21-19-17-15-13-11-9-7-2/h8-11,14-17,20-23,26-29,32-35,39,41,45,48,53,55,59,61,65,67,92,96H,6-7,12-13,18-19,24-25,30-31,36-38,40,42-44,46-47,49-52,54,56-58,60,62-64,66,68-91H2,1-5H3/b10-8-,11-9-,16-14-,17-15-,22-20-,23-21-,28-26-,29-27-,34-32-,35-33-,41-39-,48-45-,55-53-,61-59-,67-65-. The quantitative estimate of drug-likeness (QED) is 0.0195. The molecule has 0 rings (SSSR count). The summed E-state index contributed by atoms with van der Waals surface area (Å²) in [5.74, 6) is -2.29. The third-order valence-electron chi connectivity index (χ3n) is 18.1. The van der Waals surface area contributed by atoms with E-state index in [4.69, 9.17) is 18.9 Å². The normalized spacial score (nSPS) is 13.6. The number of carboxylic acids is 1. The minimum absolute atomic E-state index is 0.140. The zero-order chi connectivity index (χ0) is 76.0. The molecule has 0 heterocycles. The molecule has 0 saturated carbocycles. The molecule has 0 radical (unpaired) electrons. The second-order valence-corrected chi connectivity index (χ2v) is 29.4. The number of carbonyl (C=O) groups excluding carboxylic acids is 3. The molecule has 0 aliphatic carbocycles. The number of rotatable bonds is 78. The molecule has 2 unspecified atom stereocenters. The van der Waals surface area contributed by atoms with Crippen LogP contribution in [0.15, 0.2) is 182 Å². The van der Waals surface area contributed by atoms with Crippen molar-refractivity contribution in [2.75, 3.05) is 47.5 Å². The number of nitrogens with zero attached hydrogens (tertiary/aromatic N) is 1. The first kappa shape index (κ1) is 99.4. The maximum Gasteiger partial charge on any atom is 0.306 e. The summed E-state index contributed by atoms with van der Waals surface area (Å²) in [6.07, 6.45) is 125. The first-order chi connectivity index (χ1) is 51.6. The molecule has 0 fully saturated rings. The lowest BCUT2D eigenvalue weighted by Gasteiger charge is -2.26. The molecule has 0 aromatic heterocycles. The van der Waals surface area contributed by atoms with Gasteiger partial charge in [-0.2, -0.15) is 0 Å². The van der Waals surface area contributed by atoms with Crippen molar-refractivity contribution in [3.05, 3.63) is 182 Å². The highest BCUT2D eigenvalue weighted by Gasteiger charge is 2.22. The van der Waals surface area contributed by atoms with E-state index in [9.17, 15) is 19.5 Å². The number of likely N-dealkylation sites (N-methyl/N-ethyl adjacent to an activating group) is 1. The zero-order valence-corrected chi connectivity index (χ0v) is 68.3. The van der Waals surface area contributed by atoms with Crippen molar-refractivity contribution in [1.29, 1.82) is 0 Å². The van der Waals surface area contributed by atoms with E-state index in [0.29, 0.717) is 17.4 Å². The van der Waals surface area contributed by atoms with E-state index >= 15 is 0 Å². The van der Waals surface area contributed by atoms with Crippen LogP contribution in [0.4, 0.5) is 0 Å². The summed E-state index contributed by atoms with van der Waals surface area (Å²) >= 11 is 0. The topological polar surface area (TPSA) is 111 Å². The fourth-order valence-corrected chi connectivity index (χ4v) is 11.7. The Bertz CT molecular complexity index is 2400. The van der Waals surface area contributed by atoms with Gasteiger partial charge in [0.15, 0.2) is 12.4 Å². The SMILES string of the molecule is CC/C=C\C/C=C\C/C=C\C/C=C\C/C=C\C/C=C\C/C=C\C/C=C\C/C=C\C/C=C\CCCCCCCCCCC(=O)OC(COC(=O)CCCCCCCCCCCCCCCCCCCCCCCCCCC/C=C\C/C=C\C/C=C\C/C=C\C/C=C\CC)COC(OCC[N+](C)(C)C)C(=O)[O-]. The highest BCUT2D eigenvalue weighted by Crippen LogP contribution is 2.18. The summed E-state index contributed by atoms with van der Waals surface area (Å²) in [6.45, 7) is 4.53. The number of esters is 2. The fraction of sp³-hybridized carbons (Fsp3) is 0.656. The van der Waals surface area contributed by atoms with Crippen molar-refractivity contribution in [3.63, 3.8) is 0 Å². The number of aliphatic carboxylic acids is 1. The summed E-state index contributed by atoms with van der Waals surface area (Å²) in [7, 11) is 5.93. The van der Waals surface area contributed by atoms with E-state index in [-0.39, 0.29) is 38.6 Å². The molecule has 0 aliphatic heterocycles. The molecule has 0 saturated heterocycles. The van der Waals surface area contributed by atoms with Crippen LogP contribution in [0.1, 0.15) is 348 Å². The Hall–Kier alpha value is -5.61. The predicted octanol–water partition coefficient (Wildman–Crippen LogP) is 26.9. The van der Waals surface area contributed by atoms with Gasteiger partial charge in [0.25, 0.3) is 0 Å². The second-order valence-electron chi connectivity index (χ2n) is 29.4. The fourth-order valence-electron chi connectivity index (χ4n) is 11.7. The predicted molar refractivity (Wildman–Crippen MR) is 453 cm³/mol. The van der Waals surface area contributed by atoms with Crippen molar-refractivity contribution in [3.8, 4) is 0 Å². The van der Waals surface area contributed by atoms with E-state index in [1.165, 1.54) is 173 Å². The largest absolute Gasteiger partial charge is 0.545 e. The highest BCUT2D eigenvalue weighted by atomic mass is 16.7. The Balaban J connectivity index is 4.04. The summed E-state index contributed by atoms with van der Waals surface area (Å²) in [4.78, 5) is 37.7. The van der Waals surface area contributed by atoms with Crippen molar-refractivity contribution in [1.82, 2.24) is 0 Å². The molecule has 0 aromatic rings. The van der Waals surface area contributed by atoms with E-state index in [1.54, 1.807) is 0 Å². The summed E-state index contributed by atoms with van der Waals surface area (Å²) in [5, 5.41) is 11.9. The zero-order valence-electron chi connectivity index (χ0n) is 68.3. The Labute approximate surface area is 647 Å². The van der Waals surface area contributed by atoms with E-state index in [0.717, 1.165) is 141 Å². The molecule has 2 atom stereocenters. The molecule has 9 nitrogen and oxygen atoms in total. The maximum absolute atomic E-state index is 13.0. The van der Waals surface area contributed by atoms with Gasteiger partial charge in [-0.1, -0.05) is 382 Å². The molecule has 0 aliphatic rings. The second kappa shape index (κ2) is 84.0. The lowest BCUT2D eigenvalue weighted by atomic mass is 10.0. The van der Waals surface area contributed by atoms with Crippen molar-refractivity contribution in [2.45, 2.75) is 360 Å². The van der Waals surface area contributed by atoms with Gasteiger partial charge in [0.1, 0.15) is 13.2 Å². The van der Waals surface area contributed by atoms with Crippen LogP contribution in [0.2, 0.25) is 0 Å². The molecular weight excluding hydrogens is 1300 g/mol. The van der Waals surface area contributed by atoms with Crippen LogP contribution in [-0.4, -0.2) is 82.3 Å². The molecule has 105 heavy (non-hydrogen) atoms. The van der Waals surface area contributed by atoms with Crippen molar-refractivity contribution < 1.29 is 42.9 Å². The molecule has 0 spiro atoms. The Morgan fingerprint density at radius 2 is 0.514 bits per heavy atom. The van der Waals surface area contributed by atoms with Gasteiger partial charge < -0.3 is 33.3 Å². The summed E-state index contributed by atoms with van der Waals surface area (Å²) in [6, 6.07) is 0. The molecule has 0 N–H and O–H groups in total. The number of carboxylic acid groups (broad SMARTS) is 1. The molecule has 596 valence electrons. The molecular formula is C96H159NO8. The maximum atomic E-state index is 13.0. The van der Waals surface area contributed by atoms with Crippen LogP contribution in [-0.2, 0) is 33.3 Å². The van der Waals surface area contributed by atoms with E-state index in [1.807, 2.05) is 21.1 Å². The third kappa shape index (κ3) is 85.5. The van der Waals surface area contributed by atoms with Crippen LogP contribution in [0.5, 0.6) is 0 Å². The molecule has 9 heteroatoms. The Kier molecular flexibility index (Phi) is 79.5. The lowest BCUT2D eigenvalue weighted by Crippen LogP contribution is -2.44. The van der Waals surface area contributed by atoms with Crippen LogP contribution in [0, 0.1) is 0 Å². The highest BCUT2D eigenvalue weighted by molar-refractivity contribution is 5.70. The van der Waals surface area contributed by atoms with Gasteiger partial charge in [-0.3, -0.25) is 9.59 Å². The summed E-state index contributed by atoms with van der Waals surface area (Å²) in [5.41, 5.74) is 0. The minimum atomic E-state index is -1.63. The third-order valence-corrected chi connectivity index (χ3v) is 18.1. The van der Waals surface area contributed by atoms with E-state index in [2.05, 4.69) is 196 Å². The van der Waals surface area contributed by atoms with Crippen LogP contribution in [0.25, 0.3) is 0 Å². The van der Waals surface area contributed by atoms with Crippen LogP contribution in [0.3, 0.4) is 0 Å². The number of ether oxygens (including phenoxy) is 4. The van der Waals surface area contributed by atoms with Gasteiger partial charge in [-0.15, -0.1) is 0 Å². The van der Waals surface area contributed by atoms with E-state index < -0.39 is 24.3 Å². The Morgan fingerprint density at radius 3 is 0.762 bits per heavy atom. The smallest absolute Gasteiger partial charge is 0.306 e. The van der Waals surface area contributed by atoms with Gasteiger partial charge in [0.05, 0.1) is 40.3 Å². The first-order valence-corrected chi connectivity index (χ1v) is 42.9. The summed E-state index contributed by atoms with van der Waals surface area (Å²) < 4.78 is 22.9. The number of hydrogen-bond acceptors (Lipinski definition) is 8. The van der Waals surface area contributed by atoms with Gasteiger partial charge in [0.2, 0.25) is 0 Å². The van der Waals surface area contributed by atoms with Gasteiger partial charge in [-0.05, 0) is 135 Å². The first-order valence-electron chi connectivity index (χ1n) is 42.9. The minimum Gasteiger partial charge on any atom is -0.545 e. The van der Waals surface area contributed by atoms with Gasteiger partial charge in [-0.25, -0.2) is 0 Å². The lowest BCUT2D eigenvalue weighted by molar-refractivity contribution is -0.870. The number of allylic oxidation sites excluding steroid dienone is 30. The van der Waals surface area contributed by atoms with Crippen LogP contribution >= 0.6 is 0 Å². The number of quaternary nitrogens is 1. The average molecular weight is 1460 g/mol. The number of unbranched alkanes of at least 4 members (excludes halogenated alkanes) is 33.